The number of benzene rings is 1. The van der Waals surface area contributed by atoms with Crippen LogP contribution in [0, 0.1) is 0 Å². The topological polar surface area (TPSA) is 17.1 Å². The third-order valence-electron chi connectivity index (χ3n) is 2.07. The fourth-order valence-electron chi connectivity index (χ4n) is 1.20. The van der Waals surface area contributed by atoms with Crippen LogP contribution in [0.2, 0.25) is 0 Å². The third kappa shape index (κ3) is 5.29. The quantitative estimate of drug-likeness (QED) is 0.315. The van der Waals surface area contributed by atoms with E-state index in [1.807, 2.05) is 42.7 Å². The minimum atomic E-state index is 0.0704. The molecule has 0 fully saturated rings. The van der Waals surface area contributed by atoms with Gasteiger partial charge in [-0.15, -0.1) is 30.1 Å². The zero-order valence-corrected chi connectivity index (χ0v) is 11.5. The average molecular weight is 264 g/mol. The molecule has 0 saturated heterocycles. The molecule has 1 aromatic carbocycles. The number of rotatable bonds is 7. The Hall–Kier alpha value is -0.930. The van der Waals surface area contributed by atoms with Crippen LogP contribution in [0.15, 0.2) is 53.3 Å². The lowest BCUT2D eigenvalue weighted by molar-refractivity contribution is 0.104. The number of carbonyl (C=O) groups excluding carboxylic acids is 1. The molecular weight excluding hydrogens is 248 g/mol. The summed E-state index contributed by atoms with van der Waals surface area (Å²) in [6, 6.07) is 9.35. The standard InChI is InChI=1S/C14H16OS2/c1-3-4-10-17-14(16-2)11-13(15)12-8-6-5-7-9-12/h3,5-9,11H,1,4,10H2,2H3/b14-11+. The summed E-state index contributed by atoms with van der Waals surface area (Å²) in [7, 11) is 0. The molecule has 0 bridgehead atoms. The van der Waals surface area contributed by atoms with Crippen LogP contribution in [-0.4, -0.2) is 17.8 Å². The first-order valence-corrected chi connectivity index (χ1v) is 7.57. The minimum absolute atomic E-state index is 0.0704. The highest BCUT2D eigenvalue weighted by molar-refractivity contribution is 8.22. The summed E-state index contributed by atoms with van der Waals surface area (Å²) in [4.78, 5) is 11.9. The van der Waals surface area contributed by atoms with Crippen molar-refractivity contribution < 1.29 is 4.79 Å². The molecule has 0 N–H and O–H groups in total. The largest absolute Gasteiger partial charge is 0.289 e. The van der Waals surface area contributed by atoms with Crippen molar-refractivity contribution in [3.05, 3.63) is 58.9 Å². The molecule has 3 heteroatoms. The van der Waals surface area contributed by atoms with E-state index in [1.54, 1.807) is 29.6 Å². The zero-order valence-electron chi connectivity index (χ0n) is 9.89. The van der Waals surface area contributed by atoms with E-state index in [0.717, 1.165) is 22.0 Å². The second-order valence-electron chi connectivity index (χ2n) is 3.32. The maximum Gasteiger partial charge on any atom is 0.187 e. The van der Waals surface area contributed by atoms with E-state index in [2.05, 4.69) is 6.58 Å². The van der Waals surface area contributed by atoms with Gasteiger partial charge in [-0.3, -0.25) is 4.79 Å². The van der Waals surface area contributed by atoms with Crippen LogP contribution < -0.4 is 0 Å². The van der Waals surface area contributed by atoms with Gasteiger partial charge < -0.3 is 0 Å². The number of carbonyl (C=O) groups is 1. The van der Waals surface area contributed by atoms with Crippen molar-refractivity contribution in [2.75, 3.05) is 12.0 Å². The van der Waals surface area contributed by atoms with Crippen molar-refractivity contribution >= 4 is 29.3 Å². The van der Waals surface area contributed by atoms with Crippen LogP contribution in [0.1, 0.15) is 16.8 Å². The summed E-state index contributed by atoms with van der Waals surface area (Å²) in [5, 5.41) is 0. The molecule has 17 heavy (non-hydrogen) atoms. The van der Waals surface area contributed by atoms with Crippen LogP contribution >= 0.6 is 23.5 Å². The molecule has 90 valence electrons. The molecule has 0 radical (unpaired) electrons. The SMILES string of the molecule is C=CCCS/C(=C/C(=O)c1ccccc1)SC. The van der Waals surface area contributed by atoms with Gasteiger partial charge in [-0.25, -0.2) is 0 Å². The first-order chi connectivity index (χ1) is 8.27. The number of ketones is 1. The monoisotopic (exact) mass is 264 g/mol. The minimum Gasteiger partial charge on any atom is -0.289 e. The Kier molecular flexibility index (Phi) is 6.82. The Bertz CT molecular complexity index is 396. The normalized spacial score (nSPS) is 11.2. The van der Waals surface area contributed by atoms with Crippen LogP contribution in [0.5, 0.6) is 0 Å². The van der Waals surface area contributed by atoms with Crippen LogP contribution in [0.3, 0.4) is 0 Å². The smallest absolute Gasteiger partial charge is 0.187 e. The predicted molar refractivity (Wildman–Crippen MR) is 79.6 cm³/mol. The maximum atomic E-state index is 11.9. The van der Waals surface area contributed by atoms with Gasteiger partial charge in [0, 0.05) is 21.6 Å². The average Bonchev–Trinajstić information content (AvgIpc) is 2.38. The molecule has 0 amide bonds. The van der Waals surface area contributed by atoms with E-state index < -0.39 is 0 Å². The van der Waals surface area contributed by atoms with Gasteiger partial charge >= 0.3 is 0 Å². The van der Waals surface area contributed by atoms with Gasteiger partial charge in [-0.05, 0) is 12.7 Å². The van der Waals surface area contributed by atoms with Gasteiger partial charge in [-0.1, -0.05) is 36.4 Å². The molecule has 0 saturated carbocycles. The van der Waals surface area contributed by atoms with E-state index in [9.17, 15) is 4.79 Å². The first-order valence-electron chi connectivity index (χ1n) is 5.36. The Morgan fingerprint density at radius 2 is 2.06 bits per heavy atom. The highest BCUT2D eigenvalue weighted by Crippen LogP contribution is 2.27. The van der Waals surface area contributed by atoms with E-state index in [4.69, 9.17) is 0 Å². The molecular formula is C14H16OS2. The number of allylic oxidation sites excluding steroid dienone is 2. The Balaban J connectivity index is 2.64. The maximum absolute atomic E-state index is 11.9. The van der Waals surface area contributed by atoms with Crippen molar-refractivity contribution in [2.24, 2.45) is 0 Å². The third-order valence-corrected chi connectivity index (χ3v) is 4.29. The van der Waals surface area contributed by atoms with Gasteiger partial charge in [-0.2, -0.15) is 0 Å². The first kappa shape index (κ1) is 14.1. The van der Waals surface area contributed by atoms with E-state index in [1.165, 1.54) is 0 Å². The summed E-state index contributed by atoms with van der Waals surface area (Å²) < 4.78 is 1.06. The van der Waals surface area contributed by atoms with Crippen LogP contribution in [-0.2, 0) is 0 Å². The molecule has 0 aliphatic heterocycles. The van der Waals surface area contributed by atoms with Gasteiger partial charge in [0.2, 0.25) is 0 Å². The molecule has 1 aromatic rings. The van der Waals surface area contributed by atoms with Crippen molar-refractivity contribution in [1.29, 1.82) is 0 Å². The van der Waals surface area contributed by atoms with Crippen LogP contribution in [0.4, 0.5) is 0 Å². The molecule has 0 heterocycles. The summed E-state index contributed by atoms with van der Waals surface area (Å²) in [5.41, 5.74) is 0.739. The number of hydrogen-bond acceptors (Lipinski definition) is 3. The molecule has 0 spiro atoms. The fourth-order valence-corrected chi connectivity index (χ4v) is 2.82. The Morgan fingerprint density at radius 3 is 2.65 bits per heavy atom. The fraction of sp³-hybridized carbons (Fsp3) is 0.214. The molecule has 0 aromatic heterocycles. The molecule has 0 aliphatic carbocycles. The van der Waals surface area contributed by atoms with Crippen molar-refractivity contribution in [1.82, 2.24) is 0 Å². The summed E-state index contributed by atoms with van der Waals surface area (Å²) in [6.45, 7) is 3.69. The highest BCUT2D eigenvalue weighted by atomic mass is 32.2. The van der Waals surface area contributed by atoms with Gasteiger partial charge in [0.1, 0.15) is 0 Å². The van der Waals surface area contributed by atoms with Crippen molar-refractivity contribution in [3.63, 3.8) is 0 Å². The van der Waals surface area contributed by atoms with Gasteiger partial charge in [0.05, 0.1) is 0 Å². The summed E-state index contributed by atoms with van der Waals surface area (Å²) in [5.74, 6) is 1.04. The van der Waals surface area contributed by atoms with Gasteiger partial charge in [0.15, 0.2) is 5.78 Å². The lowest BCUT2D eigenvalue weighted by Gasteiger charge is -2.02. The van der Waals surface area contributed by atoms with Crippen molar-refractivity contribution in [3.8, 4) is 0 Å². The lowest BCUT2D eigenvalue weighted by Crippen LogP contribution is -1.94. The van der Waals surface area contributed by atoms with Crippen LogP contribution in [0.25, 0.3) is 0 Å². The van der Waals surface area contributed by atoms with E-state index in [0.29, 0.717) is 0 Å². The van der Waals surface area contributed by atoms with E-state index in [-0.39, 0.29) is 5.78 Å². The Morgan fingerprint density at radius 1 is 1.35 bits per heavy atom. The number of hydrogen-bond donors (Lipinski definition) is 0. The number of thioether (sulfide) groups is 2. The summed E-state index contributed by atoms with van der Waals surface area (Å²) >= 11 is 3.31. The lowest BCUT2D eigenvalue weighted by atomic mass is 10.1. The summed E-state index contributed by atoms with van der Waals surface area (Å²) in [6.07, 6.45) is 6.56. The molecule has 1 rings (SSSR count). The zero-order chi connectivity index (χ0) is 12.5. The molecule has 1 nitrogen and oxygen atoms in total. The second-order valence-corrected chi connectivity index (χ2v) is 5.57. The van der Waals surface area contributed by atoms with Gasteiger partial charge in [0.25, 0.3) is 0 Å². The Labute approximate surface area is 111 Å². The predicted octanol–water partition coefficient (Wildman–Crippen LogP) is 4.38. The second kappa shape index (κ2) is 8.20. The molecule has 0 aliphatic rings. The van der Waals surface area contributed by atoms with E-state index >= 15 is 0 Å². The van der Waals surface area contributed by atoms with Crippen molar-refractivity contribution in [2.45, 2.75) is 6.42 Å². The highest BCUT2D eigenvalue weighted by Gasteiger charge is 2.04. The molecule has 0 unspecified atom stereocenters. The molecule has 0 atom stereocenters.